The summed E-state index contributed by atoms with van der Waals surface area (Å²) in [5.41, 5.74) is 0.496. The van der Waals surface area contributed by atoms with Gasteiger partial charge in [0, 0.05) is 30.8 Å². The molecule has 0 amide bonds. The number of nitrogens with one attached hydrogen (secondary N) is 2. The lowest BCUT2D eigenvalue weighted by molar-refractivity contribution is -0.137. The first kappa shape index (κ1) is 23.0. The van der Waals surface area contributed by atoms with E-state index in [9.17, 15) is 17.7 Å². The highest BCUT2D eigenvalue weighted by Gasteiger charge is 2.34. The van der Waals surface area contributed by atoms with Crippen LogP contribution in [0.25, 0.3) is 10.9 Å². The molecule has 1 aromatic carbocycles. The molecule has 0 aliphatic carbocycles. The quantitative estimate of drug-likeness (QED) is 0.520. The molecule has 0 unspecified atom stereocenters. The maximum atomic E-state index is 13.4. The third-order valence-corrected chi connectivity index (χ3v) is 8.94. The second kappa shape index (κ2) is 8.61. The first-order valence-corrected chi connectivity index (χ1v) is 12.6. The van der Waals surface area contributed by atoms with Crippen molar-refractivity contribution in [2.45, 2.75) is 26.1 Å². The normalized spacial score (nSPS) is 17.3. The number of pyridine rings is 1. The number of anilines is 1. The summed E-state index contributed by atoms with van der Waals surface area (Å²) >= 11 is 6.10. The van der Waals surface area contributed by atoms with Crippen LogP contribution in [0.5, 0.6) is 0 Å². The molecule has 0 saturated carbocycles. The highest BCUT2D eigenvalue weighted by molar-refractivity contribution is 7.71. The standard InChI is InChI=1S/C21H22ClF3N5OP/c1-12(14-4-3-5-16(19(14)22)21(23,24)25)28-20-15-10-18(32(31)8-6-26-7-9-32)27-11-17(15)29-13(2)30-20/h3-5,10-12,26H,6-9H2,1-2H3,(H,28,29,30)/t12-/m1/s1. The summed E-state index contributed by atoms with van der Waals surface area (Å²) in [4.78, 5) is 13.3. The van der Waals surface area contributed by atoms with Gasteiger partial charge >= 0.3 is 6.18 Å². The summed E-state index contributed by atoms with van der Waals surface area (Å²) in [6.45, 7) is 4.76. The van der Waals surface area contributed by atoms with Gasteiger partial charge in [-0.3, -0.25) is 4.98 Å². The number of fused-ring (bicyclic) bond motifs is 1. The SMILES string of the molecule is Cc1nc(N[C@H](C)c2cccc(C(F)(F)F)c2Cl)c2cc(P3(=O)CCNCC3)ncc2n1. The summed E-state index contributed by atoms with van der Waals surface area (Å²) in [5.74, 6) is 0.907. The Morgan fingerprint density at radius 1 is 1.22 bits per heavy atom. The summed E-state index contributed by atoms with van der Waals surface area (Å²) in [5, 5.41) is 6.64. The average Bonchev–Trinajstić information content (AvgIpc) is 2.73. The fourth-order valence-corrected chi connectivity index (χ4v) is 6.59. The first-order chi connectivity index (χ1) is 15.1. The van der Waals surface area contributed by atoms with Gasteiger partial charge in [0.05, 0.1) is 28.3 Å². The van der Waals surface area contributed by atoms with E-state index in [1.165, 1.54) is 6.07 Å². The number of nitrogens with zero attached hydrogens (tertiary/aromatic N) is 3. The van der Waals surface area contributed by atoms with Crippen LogP contribution in [-0.4, -0.2) is 40.4 Å². The van der Waals surface area contributed by atoms with Crippen molar-refractivity contribution in [3.05, 3.63) is 52.4 Å². The Kier molecular flexibility index (Phi) is 6.18. The Morgan fingerprint density at radius 3 is 2.62 bits per heavy atom. The number of hydrogen-bond donors (Lipinski definition) is 2. The van der Waals surface area contributed by atoms with Gasteiger partial charge in [0.15, 0.2) is 0 Å². The molecule has 0 bridgehead atoms. The molecular formula is C21H22ClF3N5OP. The van der Waals surface area contributed by atoms with Crippen LogP contribution < -0.4 is 16.1 Å². The lowest BCUT2D eigenvalue weighted by atomic mass is 10.0. The molecule has 1 fully saturated rings. The van der Waals surface area contributed by atoms with Crippen molar-refractivity contribution < 1.29 is 17.7 Å². The molecule has 1 aliphatic rings. The molecule has 2 aromatic heterocycles. The van der Waals surface area contributed by atoms with Crippen LogP contribution in [0.2, 0.25) is 5.02 Å². The fourth-order valence-electron chi connectivity index (χ4n) is 3.84. The molecular weight excluding hydrogens is 462 g/mol. The smallest absolute Gasteiger partial charge is 0.363 e. The second-order valence-electron chi connectivity index (χ2n) is 7.84. The van der Waals surface area contributed by atoms with Crippen molar-refractivity contribution in [3.8, 4) is 0 Å². The number of hydrogen-bond acceptors (Lipinski definition) is 6. The molecule has 1 saturated heterocycles. The molecule has 0 radical (unpaired) electrons. The number of aromatic nitrogens is 3. The fraction of sp³-hybridized carbons (Fsp3) is 0.381. The molecule has 32 heavy (non-hydrogen) atoms. The van der Waals surface area contributed by atoms with Crippen molar-refractivity contribution in [1.82, 2.24) is 20.3 Å². The van der Waals surface area contributed by atoms with E-state index in [2.05, 4.69) is 25.6 Å². The van der Waals surface area contributed by atoms with Crippen molar-refractivity contribution in [3.63, 3.8) is 0 Å². The third-order valence-electron chi connectivity index (χ3n) is 5.55. The largest absolute Gasteiger partial charge is 0.417 e. The van der Waals surface area contributed by atoms with Gasteiger partial charge in [-0.2, -0.15) is 13.2 Å². The van der Waals surface area contributed by atoms with E-state index < -0.39 is 24.9 Å². The average molecular weight is 484 g/mol. The van der Waals surface area contributed by atoms with E-state index in [0.717, 1.165) is 6.07 Å². The minimum absolute atomic E-state index is 0.298. The monoisotopic (exact) mass is 483 g/mol. The van der Waals surface area contributed by atoms with E-state index in [-0.39, 0.29) is 5.02 Å². The van der Waals surface area contributed by atoms with Gasteiger partial charge in [-0.05, 0) is 31.5 Å². The molecule has 11 heteroatoms. The van der Waals surface area contributed by atoms with Crippen LogP contribution >= 0.6 is 18.7 Å². The Hall–Kier alpha value is -2.22. The van der Waals surface area contributed by atoms with Gasteiger partial charge < -0.3 is 15.2 Å². The molecule has 4 rings (SSSR count). The molecule has 1 atom stereocenters. The topological polar surface area (TPSA) is 79.8 Å². The number of alkyl halides is 3. The van der Waals surface area contributed by atoms with Gasteiger partial charge in [-0.25, -0.2) is 9.97 Å². The van der Waals surface area contributed by atoms with Crippen LogP contribution in [0.15, 0.2) is 30.5 Å². The predicted molar refractivity (Wildman–Crippen MR) is 120 cm³/mol. The van der Waals surface area contributed by atoms with Crippen molar-refractivity contribution in [1.29, 1.82) is 0 Å². The zero-order chi connectivity index (χ0) is 23.1. The predicted octanol–water partition coefficient (Wildman–Crippen LogP) is 4.77. The van der Waals surface area contributed by atoms with E-state index >= 15 is 0 Å². The van der Waals surface area contributed by atoms with E-state index in [1.54, 1.807) is 32.2 Å². The minimum atomic E-state index is -4.55. The number of rotatable bonds is 4. The van der Waals surface area contributed by atoms with Crippen molar-refractivity contribution in [2.75, 3.05) is 30.7 Å². The Morgan fingerprint density at radius 2 is 1.94 bits per heavy atom. The highest BCUT2D eigenvalue weighted by atomic mass is 35.5. The van der Waals surface area contributed by atoms with E-state index in [1.807, 2.05) is 0 Å². The van der Waals surface area contributed by atoms with E-state index in [4.69, 9.17) is 11.6 Å². The molecule has 170 valence electrons. The zero-order valence-electron chi connectivity index (χ0n) is 17.5. The Bertz CT molecular complexity index is 1210. The van der Waals surface area contributed by atoms with Gasteiger partial charge in [0.2, 0.25) is 0 Å². The van der Waals surface area contributed by atoms with Crippen LogP contribution in [0.3, 0.4) is 0 Å². The zero-order valence-corrected chi connectivity index (χ0v) is 19.2. The van der Waals surface area contributed by atoms with Crippen LogP contribution in [0.4, 0.5) is 19.0 Å². The maximum absolute atomic E-state index is 13.4. The molecule has 3 aromatic rings. The van der Waals surface area contributed by atoms with Gasteiger partial charge in [0.1, 0.15) is 24.2 Å². The number of halogens is 4. The summed E-state index contributed by atoms with van der Waals surface area (Å²) in [6, 6.07) is 5.00. The molecule has 0 spiro atoms. The van der Waals surface area contributed by atoms with E-state index in [0.29, 0.717) is 59.0 Å². The molecule has 2 N–H and O–H groups in total. The summed E-state index contributed by atoms with van der Waals surface area (Å²) in [6.07, 6.45) is -1.92. The lowest BCUT2D eigenvalue weighted by Gasteiger charge is -2.24. The summed E-state index contributed by atoms with van der Waals surface area (Å²) in [7, 11) is -2.63. The Balaban J connectivity index is 1.74. The highest BCUT2D eigenvalue weighted by Crippen LogP contribution is 2.45. The molecule has 1 aliphatic heterocycles. The van der Waals surface area contributed by atoms with Crippen LogP contribution in [-0.2, 0) is 10.7 Å². The van der Waals surface area contributed by atoms with Gasteiger partial charge in [-0.1, -0.05) is 23.7 Å². The van der Waals surface area contributed by atoms with Crippen molar-refractivity contribution >= 4 is 40.9 Å². The van der Waals surface area contributed by atoms with Crippen LogP contribution in [0, 0.1) is 6.92 Å². The van der Waals surface area contributed by atoms with Crippen molar-refractivity contribution in [2.24, 2.45) is 0 Å². The number of benzene rings is 1. The third kappa shape index (κ3) is 4.47. The number of aryl methyl sites for hydroxylation is 1. The van der Waals surface area contributed by atoms with Gasteiger partial charge in [-0.15, -0.1) is 0 Å². The molecule has 3 heterocycles. The van der Waals surface area contributed by atoms with Crippen LogP contribution in [0.1, 0.15) is 29.9 Å². The molecule has 6 nitrogen and oxygen atoms in total. The Labute approximate surface area is 188 Å². The summed E-state index contributed by atoms with van der Waals surface area (Å²) < 4.78 is 53.2. The second-order valence-corrected chi connectivity index (χ2v) is 11.3. The lowest BCUT2D eigenvalue weighted by Crippen LogP contribution is -2.33. The maximum Gasteiger partial charge on any atom is 0.417 e. The minimum Gasteiger partial charge on any atom is -0.363 e. The first-order valence-electron chi connectivity index (χ1n) is 10.1. The van der Waals surface area contributed by atoms with Gasteiger partial charge in [0.25, 0.3) is 0 Å².